The summed E-state index contributed by atoms with van der Waals surface area (Å²) in [6.45, 7) is 6.51. The number of halogens is 1. The lowest BCUT2D eigenvalue weighted by atomic mass is 9.99. The van der Waals surface area contributed by atoms with Crippen molar-refractivity contribution in [3.8, 4) is 5.75 Å². The Hall–Kier alpha value is -2.40. The first-order chi connectivity index (χ1) is 14.9. The molecule has 5 heteroatoms. The molecule has 2 fully saturated rings. The highest BCUT2D eigenvalue weighted by Gasteiger charge is 2.46. The maximum absolute atomic E-state index is 13.4. The van der Waals surface area contributed by atoms with E-state index in [0.717, 1.165) is 36.3 Å². The molecule has 0 spiro atoms. The molecule has 4 rings (SSSR count). The maximum Gasteiger partial charge on any atom is 0.227 e. The Kier molecular flexibility index (Phi) is 6.61. The maximum atomic E-state index is 13.4. The fourth-order valence-electron chi connectivity index (χ4n) is 4.95. The van der Waals surface area contributed by atoms with Crippen LogP contribution in [0, 0.1) is 17.7 Å². The Bertz CT molecular complexity index is 879. The highest BCUT2D eigenvalue weighted by molar-refractivity contribution is 5.79. The number of piperidine rings is 1. The smallest absolute Gasteiger partial charge is 0.227 e. The number of amides is 1. The monoisotopic (exact) mass is 424 g/mol. The fraction of sp³-hybridized carbons (Fsp3) is 0.500. The van der Waals surface area contributed by atoms with Crippen LogP contribution in [0.3, 0.4) is 0 Å². The van der Waals surface area contributed by atoms with Gasteiger partial charge in [-0.3, -0.25) is 4.79 Å². The zero-order chi connectivity index (χ0) is 22.0. The van der Waals surface area contributed by atoms with Gasteiger partial charge in [0.05, 0.1) is 13.0 Å². The average Bonchev–Trinajstić information content (AvgIpc) is 3.32. The number of benzene rings is 2. The first-order valence-corrected chi connectivity index (χ1v) is 11.3. The van der Waals surface area contributed by atoms with Crippen molar-refractivity contribution < 1.29 is 13.9 Å². The van der Waals surface area contributed by atoms with Crippen LogP contribution in [0.1, 0.15) is 37.8 Å². The van der Waals surface area contributed by atoms with Gasteiger partial charge in [0.2, 0.25) is 5.91 Å². The number of hydrogen-bond donors (Lipinski definition) is 0. The first kappa shape index (κ1) is 21.8. The molecule has 2 aromatic rings. The van der Waals surface area contributed by atoms with Gasteiger partial charge in [-0.05, 0) is 67.1 Å². The Balaban J connectivity index is 1.46. The lowest BCUT2D eigenvalue weighted by molar-refractivity contribution is -0.134. The van der Waals surface area contributed by atoms with Crippen LogP contribution in [0.15, 0.2) is 48.5 Å². The molecular weight excluding hydrogens is 391 g/mol. The highest BCUT2D eigenvalue weighted by Crippen LogP contribution is 2.40. The predicted molar refractivity (Wildman–Crippen MR) is 120 cm³/mol. The zero-order valence-corrected chi connectivity index (χ0v) is 18.8. The molecule has 0 N–H and O–H groups in total. The quantitative estimate of drug-likeness (QED) is 0.624. The summed E-state index contributed by atoms with van der Waals surface area (Å²) < 4.78 is 19.1. The second kappa shape index (κ2) is 9.39. The van der Waals surface area contributed by atoms with Gasteiger partial charge in [-0.1, -0.05) is 38.1 Å². The normalized spacial score (nSPS) is 22.8. The number of fused-ring (bicyclic) bond motifs is 2. The molecule has 1 saturated heterocycles. The molecule has 2 aromatic carbocycles. The molecule has 31 heavy (non-hydrogen) atoms. The Labute approximate surface area is 185 Å². The summed E-state index contributed by atoms with van der Waals surface area (Å²) >= 11 is 0. The van der Waals surface area contributed by atoms with E-state index in [9.17, 15) is 9.18 Å². The number of carbonyl (C=O) groups excluding carboxylic acids is 1. The fourth-order valence-corrected chi connectivity index (χ4v) is 4.95. The number of likely N-dealkylation sites (tertiary alicyclic amines) is 1. The van der Waals surface area contributed by atoms with Gasteiger partial charge in [0.15, 0.2) is 0 Å². The van der Waals surface area contributed by atoms with Gasteiger partial charge in [0.1, 0.15) is 11.6 Å². The number of carbonyl (C=O) groups is 1. The molecule has 2 bridgehead atoms. The minimum atomic E-state index is -0.247. The molecule has 4 nitrogen and oxygen atoms in total. The summed E-state index contributed by atoms with van der Waals surface area (Å²) in [5.74, 6) is 1.72. The van der Waals surface area contributed by atoms with Crippen molar-refractivity contribution in [2.75, 3.05) is 20.2 Å². The van der Waals surface area contributed by atoms with Gasteiger partial charge in [-0.15, -0.1) is 0 Å². The van der Waals surface area contributed by atoms with Crippen LogP contribution in [-0.4, -0.2) is 48.0 Å². The Morgan fingerprint density at radius 2 is 1.77 bits per heavy atom. The molecule has 166 valence electrons. The number of ether oxygens (including phenoxy) is 1. The van der Waals surface area contributed by atoms with Crippen LogP contribution in [0.4, 0.5) is 4.39 Å². The Morgan fingerprint density at radius 1 is 1.10 bits per heavy atom. The van der Waals surface area contributed by atoms with Gasteiger partial charge in [-0.2, -0.15) is 0 Å². The summed E-state index contributed by atoms with van der Waals surface area (Å²) in [5, 5.41) is 0. The van der Waals surface area contributed by atoms with E-state index >= 15 is 0 Å². The minimum absolute atomic E-state index is 0.139. The molecule has 1 aliphatic heterocycles. The highest BCUT2D eigenvalue weighted by atomic mass is 19.1. The SMILES string of the molecule is CC(C)COc1ccc(CC(=O)N(Cc2ccc(F)cc2)[C@H]2CC3C[C@H]2CN3C)cc1. The predicted octanol–water partition coefficient (Wildman–Crippen LogP) is 4.52. The third-order valence-corrected chi connectivity index (χ3v) is 6.63. The summed E-state index contributed by atoms with van der Waals surface area (Å²) in [7, 11) is 2.18. The van der Waals surface area contributed by atoms with E-state index in [1.807, 2.05) is 29.2 Å². The van der Waals surface area contributed by atoms with E-state index in [4.69, 9.17) is 4.74 Å². The molecule has 1 heterocycles. The topological polar surface area (TPSA) is 32.8 Å². The molecule has 1 amide bonds. The minimum Gasteiger partial charge on any atom is -0.493 e. The van der Waals surface area contributed by atoms with Crippen molar-refractivity contribution >= 4 is 5.91 Å². The average molecular weight is 425 g/mol. The summed E-state index contributed by atoms with van der Waals surface area (Å²) in [6.07, 6.45) is 2.56. The molecule has 0 radical (unpaired) electrons. The van der Waals surface area contributed by atoms with E-state index < -0.39 is 0 Å². The summed E-state index contributed by atoms with van der Waals surface area (Å²) in [4.78, 5) is 17.9. The van der Waals surface area contributed by atoms with Gasteiger partial charge >= 0.3 is 0 Å². The van der Waals surface area contributed by atoms with Crippen molar-refractivity contribution in [3.05, 3.63) is 65.5 Å². The molecule has 1 aliphatic carbocycles. The van der Waals surface area contributed by atoms with Gasteiger partial charge in [-0.25, -0.2) is 4.39 Å². The summed E-state index contributed by atoms with van der Waals surface area (Å²) in [6, 6.07) is 15.2. The van der Waals surface area contributed by atoms with E-state index in [1.165, 1.54) is 12.1 Å². The number of hydrogen-bond acceptors (Lipinski definition) is 3. The molecule has 3 atom stereocenters. The van der Waals surface area contributed by atoms with Crippen LogP contribution in [0.2, 0.25) is 0 Å². The van der Waals surface area contributed by atoms with E-state index in [2.05, 4.69) is 25.8 Å². The largest absolute Gasteiger partial charge is 0.493 e. The Morgan fingerprint density at radius 3 is 2.35 bits per heavy atom. The van der Waals surface area contributed by atoms with Crippen molar-refractivity contribution in [2.45, 2.75) is 51.7 Å². The van der Waals surface area contributed by atoms with Crippen LogP contribution in [0.25, 0.3) is 0 Å². The lowest BCUT2D eigenvalue weighted by Crippen LogP contribution is -2.47. The third kappa shape index (κ3) is 5.27. The standard InChI is InChI=1S/C26H33FN2O2/c1-18(2)17-31-24-10-6-19(7-11-24)12-26(30)29(15-20-4-8-22(27)9-5-20)25-14-23-13-21(25)16-28(23)3/h4-11,18,21,23,25H,12-17H2,1-3H3/t21-,23?,25-/m0/s1. The molecule has 0 aromatic heterocycles. The van der Waals surface area contributed by atoms with Crippen LogP contribution < -0.4 is 4.74 Å². The second-order valence-electron chi connectivity index (χ2n) is 9.57. The first-order valence-electron chi connectivity index (χ1n) is 11.3. The van der Waals surface area contributed by atoms with Gasteiger partial charge in [0.25, 0.3) is 0 Å². The molecule has 1 unspecified atom stereocenters. The van der Waals surface area contributed by atoms with Crippen molar-refractivity contribution in [1.29, 1.82) is 0 Å². The van der Waals surface area contributed by atoms with Crippen molar-refractivity contribution in [2.24, 2.45) is 11.8 Å². The lowest BCUT2D eigenvalue weighted by Gasteiger charge is -2.37. The molecular formula is C26H33FN2O2. The van der Waals surface area contributed by atoms with Crippen LogP contribution in [0.5, 0.6) is 5.75 Å². The van der Waals surface area contributed by atoms with E-state index in [0.29, 0.717) is 37.5 Å². The van der Waals surface area contributed by atoms with E-state index in [1.54, 1.807) is 12.1 Å². The number of nitrogens with zero attached hydrogens (tertiary/aromatic N) is 2. The zero-order valence-electron chi connectivity index (χ0n) is 18.8. The van der Waals surface area contributed by atoms with Crippen molar-refractivity contribution in [3.63, 3.8) is 0 Å². The van der Waals surface area contributed by atoms with Crippen molar-refractivity contribution in [1.82, 2.24) is 9.80 Å². The van der Waals surface area contributed by atoms with Gasteiger partial charge < -0.3 is 14.5 Å². The number of rotatable bonds is 8. The second-order valence-corrected chi connectivity index (χ2v) is 9.57. The summed E-state index contributed by atoms with van der Waals surface area (Å²) in [5.41, 5.74) is 1.97. The van der Waals surface area contributed by atoms with Crippen LogP contribution in [-0.2, 0) is 17.8 Å². The third-order valence-electron chi connectivity index (χ3n) is 6.63. The molecule has 2 aliphatic rings. The van der Waals surface area contributed by atoms with Gasteiger partial charge in [0, 0.05) is 25.2 Å². The van der Waals surface area contributed by atoms with E-state index in [-0.39, 0.29) is 17.8 Å². The molecule has 1 saturated carbocycles. The van der Waals surface area contributed by atoms with Crippen LogP contribution >= 0.6 is 0 Å².